The summed E-state index contributed by atoms with van der Waals surface area (Å²) in [5, 5.41) is 8.95. The Bertz CT molecular complexity index is 642. The van der Waals surface area contributed by atoms with Crippen molar-refractivity contribution in [3.05, 3.63) is 0 Å². The number of halogens is 3. The van der Waals surface area contributed by atoms with E-state index in [9.17, 15) is 26.4 Å². The molecule has 2 aliphatic rings. The molecule has 1 heterocycles. The Labute approximate surface area is 157 Å². The van der Waals surface area contributed by atoms with Crippen molar-refractivity contribution in [2.45, 2.75) is 31.2 Å². The highest BCUT2D eigenvalue weighted by atomic mass is 32.2. The van der Waals surface area contributed by atoms with Gasteiger partial charge in [-0.25, -0.2) is 8.42 Å². The molecule has 27 heavy (non-hydrogen) atoms. The molecule has 0 aromatic heterocycles. The maximum Gasteiger partial charge on any atom is 0.511 e. The van der Waals surface area contributed by atoms with Gasteiger partial charge in [0.15, 0.2) is 5.96 Å². The highest BCUT2D eigenvalue weighted by Crippen LogP contribution is 2.30. The molecule has 0 aromatic rings. The van der Waals surface area contributed by atoms with Crippen molar-refractivity contribution in [2.24, 2.45) is 16.8 Å². The van der Waals surface area contributed by atoms with E-state index in [-0.39, 0.29) is 30.8 Å². The molecule has 156 valence electrons. The summed E-state index contributed by atoms with van der Waals surface area (Å²) in [6.07, 6.45) is 2.59. The van der Waals surface area contributed by atoms with E-state index < -0.39 is 15.5 Å². The molecule has 0 radical (unpaired) electrons. The van der Waals surface area contributed by atoms with Crippen LogP contribution in [-0.4, -0.2) is 69.9 Å². The van der Waals surface area contributed by atoms with E-state index in [4.69, 9.17) is 0 Å². The maximum atomic E-state index is 12.6. The van der Waals surface area contributed by atoms with Crippen LogP contribution in [0.15, 0.2) is 4.99 Å². The van der Waals surface area contributed by atoms with Gasteiger partial charge in [-0.2, -0.15) is 17.5 Å². The SMILES string of the molecule is CN=C(NCCNC(=O)C1CC1)NCC1CCN(S(=O)(=O)C(F)(F)F)CC1. The number of amides is 1. The van der Waals surface area contributed by atoms with Gasteiger partial charge in [0.1, 0.15) is 0 Å². The summed E-state index contributed by atoms with van der Waals surface area (Å²) in [7, 11) is -3.65. The summed E-state index contributed by atoms with van der Waals surface area (Å²) in [6.45, 7) is 1.17. The van der Waals surface area contributed by atoms with Gasteiger partial charge in [-0.15, -0.1) is 0 Å². The first kappa shape index (κ1) is 21.7. The molecule has 1 aliphatic heterocycles. The number of carbonyl (C=O) groups excluding carboxylic acids is 1. The van der Waals surface area contributed by atoms with Gasteiger partial charge in [0.05, 0.1) is 0 Å². The van der Waals surface area contributed by atoms with Gasteiger partial charge in [-0.3, -0.25) is 9.79 Å². The first-order valence-electron chi connectivity index (χ1n) is 8.93. The molecule has 0 bridgehead atoms. The molecule has 12 heteroatoms. The van der Waals surface area contributed by atoms with Gasteiger partial charge in [0.2, 0.25) is 5.91 Å². The minimum absolute atomic E-state index is 0.0535. The number of piperidine rings is 1. The number of rotatable bonds is 7. The number of sulfonamides is 1. The lowest BCUT2D eigenvalue weighted by Gasteiger charge is -2.31. The largest absolute Gasteiger partial charge is 0.511 e. The van der Waals surface area contributed by atoms with E-state index in [2.05, 4.69) is 20.9 Å². The second kappa shape index (κ2) is 9.09. The normalized spacial score (nSPS) is 20.4. The summed E-state index contributed by atoms with van der Waals surface area (Å²) < 4.78 is 61.0. The van der Waals surface area contributed by atoms with Crippen LogP contribution in [0.4, 0.5) is 13.2 Å². The fraction of sp³-hybridized carbons (Fsp3) is 0.867. The van der Waals surface area contributed by atoms with Crippen molar-refractivity contribution in [1.82, 2.24) is 20.3 Å². The zero-order chi connectivity index (χ0) is 20.1. The zero-order valence-corrected chi connectivity index (χ0v) is 16.0. The van der Waals surface area contributed by atoms with Crippen LogP contribution < -0.4 is 16.0 Å². The number of nitrogens with one attached hydrogen (secondary N) is 3. The molecule has 1 saturated carbocycles. The van der Waals surface area contributed by atoms with Crippen LogP contribution in [0.5, 0.6) is 0 Å². The molecule has 0 aromatic carbocycles. The van der Waals surface area contributed by atoms with Crippen molar-refractivity contribution in [3.63, 3.8) is 0 Å². The van der Waals surface area contributed by atoms with Crippen molar-refractivity contribution in [1.29, 1.82) is 0 Å². The van der Waals surface area contributed by atoms with Crippen molar-refractivity contribution < 1.29 is 26.4 Å². The average Bonchev–Trinajstić information content (AvgIpc) is 3.45. The lowest BCUT2D eigenvalue weighted by atomic mass is 9.98. The Morgan fingerprint density at radius 2 is 1.67 bits per heavy atom. The monoisotopic (exact) mass is 413 g/mol. The molecule has 0 atom stereocenters. The van der Waals surface area contributed by atoms with E-state index >= 15 is 0 Å². The minimum Gasteiger partial charge on any atom is -0.356 e. The summed E-state index contributed by atoms with van der Waals surface area (Å²) in [6, 6.07) is 0. The molecule has 2 rings (SSSR count). The number of hydrogen-bond donors (Lipinski definition) is 3. The topological polar surface area (TPSA) is 103 Å². The van der Waals surface area contributed by atoms with Crippen LogP contribution in [0, 0.1) is 11.8 Å². The van der Waals surface area contributed by atoms with Crippen molar-refractivity contribution in [3.8, 4) is 0 Å². The Balaban J connectivity index is 1.65. The van der Waals surface area contributed by atoms with E-state index in [1.54, 1.807) is 7.05 Å². The lowest BCUT2D eigenvalue weighted by molar-refractivity contribution is -0.122. The van der Waals surface area contributed by atoms with E-state index in [1.807, 2.05) is 0 Å². The molecule has 8 nitrogen and oxygen atoms in total. The summed E-state index contributed by atoms with van der Waals surface area (Å²) in [5.74, 6) is 0.814. The number of alkyl halides is 3. The standard InChI is InChI=1S/C15H26F3N5O3S/c1-19-14(21-7-6-20-13(24)12-2-3-12)22-10-11-4-8-23(9-5-11)27(25,26)15(16,17)18/h11-12H,2-10H2,1H3,(H,20,24)(H2,19,21,22). The minimum atomic E-state index is -5.25. The number of aliphatic imine (C=N–C) groups is 1. The number of nitrogens with zero attached hydrogens (tertiary/aromatic N) is 2. The fourth-order valence-corrected chi connectivity index (χ4v) is 3.80. The number of guanidine groups is 1. The average molecular weight is 413 g/mol. The molecule has 0 spiro atoms. The van der Waals surface area contributed by atoms with Crippen molar-refractivity contribution in [2.75, 3.05) is 39.8 Å². The molecular formula is C15H26F3N5O3S. The lowest BCUT2D eigenvalue weighted by Crippen LogP contribution is -2.47. The second-order valence-corrected chi connectivity index (χ2v) is 8.67. The molecule has 1 aliphatic carbocycles. The summed E-state index contributed by atoms with van der Waals surface area (Å²) >= 11 is 0. The van der Waals surface area contributed by atoms with Crippen LogP contribution in [0.3, 0.4) is 0 Å². The smallest absolute Gasteiger partial charge is 0.356 e. The Hall–Kier alpha value is -1.56. The quantitative estimate of drug-likeness (QED) is 0.315. The third kappa shape index (κ3) is 6.23. The third-order valence-electron chi connectivity index (χ3n) is 4.65. The second-order valence-electron chi connectivity index (χ2n) is 6.74. The Kier molecular flexibility index (Phi) is 7.32. The maximum absolute atomic E-state index is 12.6. The van der Waals surface area contributed by atoms with Gasteiger partial charge in [0.25, 0.3) is 0 Å². The Morgan fingerprint density at radius 3 is 2.19 bits per heavy atom. The predicted octanol–water partition coefficient (Wildman–Crippen LogP) is 0.239. The fourth-order valence-electron chi connectivity index (χ4n) is 2.82. The van der Waals surface area contributed by atoms with Gasteiger partial charge in [-0.05, 0) is 31.6 Å². The van der Waals surface area contributed by atoms with Gasteiger partial charge in [-0.1, -0.05) is 0 Å². The van der Waals surface area contributed by atoms with Crippen molar-refractivity contribution >= 4 is 21.9 Å². The highest BCUT2D eigenvalue weighted by Gasteiger charge is 2.50. The van der Waals surface area contributed by atoms with Gasteiger partial charge in [0, 0.05) is 45.7 Å². The van der Waals surface area contributed by atoms with Crippen LogP contribution in [-0.2, 0) is 14.8 Å². The van der Waals surface area contributed by atoms with Crippen LogP contribution >= 0.6 is 0 Å². The van der Waals surface area contributed by atoms with Crippen LogP contribution in [0.1, 0.15) is 25.7 Å². The number of carbonyl (C=O) groups is 1. The first-order valence-corrected chi connectivity index (χ1v) is 10.4. The van der Waals surface area contributed by atoms with E-state index in [0.717, 1.165) is 12.8 Å². The van der Waals surface area contributed by atoms with Gasteiger partial charge >= 0.3 is 15.5 Å². The van der Waals surface area contributed by atoms with Crippen LogP contribution in [0.25, 0.3) is 0 Å². The number of hydrogen-bond acceptors (Lipinski definition) is 4. The Morgan fingerprint density at radius 1 is 1.07 bits per heavy atom. The predicted molar refractivity (Wildman–Crippen MR) is 94.4 cm³/mol. The summed E-state index contributed by atoms with van der Waals surface area (Å²) in [5.41, 5.74) is -5.25. The van der Waals surface area contributed by atoms with Gasteiger partial charge < -0.3 is 16.0 Å². The van der Waals surface area contributed by atoms with Crippen LogP contribution in [0.2, 0.25) is 0 Å². The summed E-state index contributed by atoms with van der Waals surface area (Å²) in [4.78, 5) is 15.6. The third-order valence-corrected chi connectivity index (χ3v) is 6.28. The molecule has 3 N–H and O–H groups in total. The molecule has 0 unspecified atom stereocenters. The van der Waals surface area contributed by atoms with E-state index in [0.29, 0.717) is 42.7 Å². The van der Waals surface area contributed by atoms with E-state index in [1.165, 1.54) is 0 Å². The first-order chi connectivity index (χ1) is 12.6. The zero-order valence-electron chi connectivity index (χ0n) is 15.2. The molecule has 2 fully saturated rings. The highest BCUT2D eigenvalue weighted by molar-refractivity contribution is 7.90. The molecule has 1 amide bonds. The molecule has 1 saturated heterocycles. The molecular weight excluding hydrogens is 387 g/mol.